The van der Waals surface area contributed by atoms with Gasteiger partial charge in [0.05, 0.1) is 20.4 Å². The Morgan fingerprint density at radius 1 is 1.08 bits per heavy atom. The van der Waals surface area contributed by atoms with Crippen LogP contribution in [0.2, 0.25) is 0 Å². The van der Waals surface area contributed by atoms with E-state index < -0.39 is 11.8 Å². The van der Waals surface area contributed by atoms with E-state index >= 15 is 0 Å². The number of nitrogens with zero attached hydrogens (tertiary/aromatic N) is 1. The van der Waals surface area contributed by atoms with E-state index in [0.29, 0.717) is 17.1 Å². The Morgan fingerprint density at radius 2 is 1.80 bits per heavy atom. The van der Waals surface area contributed by atoms with Crippen molar-refractivity contribution in [1.82, 2.24) is 10.7 Å². The molecule has 2 rings (SSSR count). The molecule has 0 aliphatic heterocycles. The lowest BCUT2D eigenvalue weighted by molar-refractivity contribution is -0.139. The second kappa shape index (κ2) is 9.66. The van der Waals surface area contributed by atoms with E-state index in [1.54, 1.807) is 25.3 Å². The van der Waals surface area contributed by atoms with Crippen LogP contribution in [0.15, 0.2) is 23.3 Å². The zero-order chi connectivity index (χ0) is 18.1. The third kappa shape index (κ3) is 5.77. The zero-order valence-electron chi connectivity index (χ0n) is 14.7. The van der Waals surface area contributed by atoms with Gasteiger partial charge < -0.3 is 14.8 Å². The van der Waals surface area contributed by atoms with Gasteiger partial charge >= 0.3 is 11.8 Å². The number of amides is 2. The molecule has 0 atom stereocenters. The smallest absolute Gasteiger partial charge is 0.329 e. The fourth-order valence-corrected chi connectivity index (χ4v) is 2.83. The Kier molecular flexibility index (Phi) is 7.25. The predicted molar refractivity (Wildman–Crippen MR) is 94.9 cm³/mol. The maximum absolute atomic E-state index is 11.9. The monoisotopic (exact) mass is 347 g/mol. The summed E-state index contributed by atoms with van der Waals surface area (Å²) in [5.74, 6) is -0.203. The summed E-state index contributed by atoms with van der Waals surface area (Å²) in [5, 5.41) is 6.62. The quantitative estimate of drug-likeness (QED) is 0.369. The number of hydrogen-bond acceptors (Lipinski definition) is 5. The van der Waals surface area contributed by atoms with Crippen molar-refractivity contribution in [2.75, 3.05) is 14.2 Å². The maximum atomic E-state index is 11.9. The van der Waals surface area contributed by atoms with Gasteiger partial charge in [-0.2, -0.15) is 5.10 Å². The summed E-state index contributed by atoms with van der Waals surface area (Å²) in [4.78, 5) is 23.8. The van der Waals surface area contributed by atoms with Crippen LogP contribution in [0.4, 0.5) is 0 Å². The third-order valence-electron chi connectivity index (χ3n) is 4.20. The minimum absolute atomic E-state index is 0.0724. The molecule has 1 aromatic carbocycles. The first-order chi connectivity index (χ1) is 12.1. The minimum atomic E-state index is -0.776. The Hall–Kier alpha value is -2.57. The molecule has 1 aromatic rings. The van der Waals surface area contributed by atoms with Gasteiger partial charge in [-0.05, 0) is 31.0 Å². The molecule has 0 radical (unpaired) electrons. The van der Waals surface area contributed by atoms with Crippen molar-refractivity contribution in [3.63, 3.8) is 0 Å². The Morgan fingerprint density at radius 3 is 2.44 bits per heavy atom. The molecule has 1 saturated carbocycles. The van der Waals surface area contributed by atoms with Crippen LogP contribution in [0.25, 0.3) is 0 Å². The highest BCUT2D eigenvalue weighted by atomic mass is 16.5. The molecule has 136 valence electrons. The molecule has 0 aromatic heterocycles. The average Bonchev–Trinajstić information content (AvgIpc) is 2.90. The number of carbonyl (C=O) groups is 2. The van der Waals surface area contributed by atoms with Gasteiger partial charge in [0.15, 0.2) is 0 Å². The third-order valence-corrected chi connectivity index (χ3v) is 4.20. The molecule has 0 spiro atoms. The van der Waals surface area contributed by atoms with Crippen LogP contribution in [0.1, 0.15) is 44.1 Å². The van der Waals surface area contributed by atoms with E-state index in [2.05, 4.69) is 15.8 Å². The summed E-state index contributed by atoms with van der Waals surface area (Å²) < 4.78 is 10.4. The molecule has 0 bridgehead atoms. The fourth-order valence-electron chi connectivity index (χ4n) is 2.83. The van der Waals surface area contributed by atoms with E-state index in [-0.39, 0.29) is 6.04 Å². The summed E-state index contributed by atoms with van der Waals surface area (Å²) >= 11 is 0. The van der Waals surface area contributed by atoms with Gasteiger partial charge in [-0.1, -0.05) is 25.7 Å². The number of hydrazone groups is 1. The normalized spacial score (nSPS) is 15.4. The highest BCUT2D eigenvalue weighted by molar-refractivity contribution is 6.35. The lowest BCUT2D eigenvalue weighted by atomic mass is 10.1. The summed E-state index contributed by atoms with van der Waals surface area (Å²) in [6.45, 7) is 0. The van der Waals surface area contributed by atoms with E-state index in [1.165, 1.54) is 26.2 Å². The van der Waals surface area contributed by atoms with E-state index in [1.807, 2.05) is 0 Å². The summed E-state index contributed by atoms with van der Waals surface area (Å²) in [6.07, 6.45) is 7.79. The molecule has 0 unspecified atom stereocenters. The molecule has 0 heterocycles. The van der Waals surface area contributed by atoms with Gasteiger partial charge in [0.2, 0.25) is 0 Å². The fraction of sp³-hybridized carbons (Fsp3) is 0.500. The van der Waals surface area contributed by atoms with Crippen molar-refractivity contribution < 1.29 is 19.1 Å². The number of carbonyl (C=O) groups excluding carboxylic acids is 2. The molecular formula is C18H25N3O4. The van der Waals surface area contributed by atoms with Crippen LogP contribution in [-0.2, 0) is 9.59 Å². The Balaban J connectivity index is 1.90. The first-order valence-corrected chi connectivity index (χ1v) is 8.50. The molecule has 1 fully saturated rings. The van der Waals surface area contributed by atoms with Gasteiger partial charge in [0.25, 0.3) is 0 Å². The van der Waals surface area contributed by atoms with Gasteiger partial charge in [0.1, 0.15) is 11.5 Å². The standard InChI is InChI=1S/C18H25N3O4/c1-24-15-9-10-16(25-2)13(11-15)12-19-21-18(23)17(22)20-14-7-5-3-4-6-8-14/h9-12,14H,3-8H2,1-2H3,(H,20,22)(H,21,23)/b19-12-. The molecular weight excluding hydrogens is 322 g/mol. The van der Waals surface area contributed by atoms with Gasteiger partial charge in [-0.25, -0.2) is 5.43 Å². The van der Waals surface area contributed by atoms with Crippen molar-refractivity contribution in [3.05, 3.63) is 23.8 Å². The average molecular weight is 347 g/mol. The van der Waals surface area contributed by atoms with Crippen molar-refractivity contribution >= 4 is 18.0 Å². The second-order valence-corrected chi connectivity index (χ2v) is 5.97. The van der Waals surface area contributed by atoms with Crippen molar-refractivity contribution in [2.45, 2.75) is 44.6 Å². The lowest BCUT2D eigenvalue weighted by Crippen LogP contribution is -2.43. The molecule has 7 nitrogen and oxygen atoms in total. The summed E-state index contributed by atoms with van der Waals surface area (Å²) in [7, 11) is 3.10. The number of methoxy groups -OCH3 is 2. The number of ether oxygens (including phenoxy) is 2. The van der Waals surface area contributed by atoms with Crippen LogP contribution in [-0.4, -0.2) is 38.3 Å². The van der Waals surface area contributed by atoms with Crippen LogP contribution < -0.4 is 20.2 Å². The van der Waals surface area contributed by atoms with E-state index in [9.17, 15) is 9.59 Å². The topological polar surface area (TPSA) is 89.0 Å². The molecule has 1 aliphatic carbocycles. The Labute approximate surface area is 147 Å². The second-order valence-electron chi connectivity index (χ2n) is 5.97. The number of nitrogens with one attached hydrogen (secondary N) is 2. The minimum Gasteiger partial charge on any atom is -0.497 e. The molecule has 2 N–H and O–H groups in total. The SMILES string of the molecule is COc1ccc(OC)c(/C=N\NC(=O)C(=O)NC2CCCCCC2)c1. The first kappa shape index (κ1) is 18.8. The van der Waals surface area contributed by atoms with Crippen molar-refractivity contribution in [1.29, 1.82) is 0 Å². The summed E-state index contributed by atoms with van der Waals surface area (Å²) in [5.41, 5.74) is 2.88. The highest BCUT2D eigenvalue weighted by Crippen LogP contribution is 2.22. The largest absolute Gasteiger partial charge is 0.497 e. The molecule has 0 saturated heterocycles. The molecule has 2 amide bonds. The zero-order valence-corrected chi connectivity index (χ0v) is 14.7. The van der Waals surface area contributed by atoms with Crippen LogP contribution in [0, 0.1) is 0 Å². The lowest BCUT2D eigenvalue weighted by Gasteiger charge is -2.15. The number of hydrogen-bond donors (Lipinski definition) is 2. The predicted octanol–water partition coefficient (Wildman–Crippen LogP) is 1.99. The first-order valence-electron chi connectivity index (χ1n) is 8.50. The van der Waals surface area contributed by atoms with Crippen molar-refractivity contribution in [2.24, 2.45) is 5.10 Å². The van der Waals surface area contributed by atoms with E-state index in [4.69, 9.17) is 9.47 Å². The summed E-state index contributed by atoms with van der Waals surface area (Å²) in [6, 6.07) is 5.29. The van der Waals surface area contributed by atoms with E-state index in [0.717, 1.165) is 25.7 Å². The Bertz CT molecular complexity index is 623. The molecule has 25 heavy (non-hydrogen) atoms. The maximum Gasteiger partial charge on any atom is 0.329 e. The number of rotatable bonds is 5. The van der Waals surface area contributed by atoms with Gasteiger partial charge in [-0.15, -0.1) is 0 Å². The number of benzene rings is 1. The van der Waals surface area contributed by atoms with Crippen LogP contribution in [0.5, 0.6) is 11.5 Å². The molecule has 1 aliphatic rings. The molecule has 7 heteroatoms. The van der Waals surface area contributed by atoms with Crippen LogP contribution in [0.3, 0.4) is 0 Å². The highest BCUT2D eigenvalue weighted by Gasteiger charge is 2.19. The van der Waals surface area contributed by atoms with Gasteiger partial charge in [0, 0.05) is 11.6 Å². The van der Waals surface area contributed by atoms with Gasteiger partial charge in [-0.3, -0.25) is 9.59 Å². The van der Waals surface area contributed by atoms with Crippen molar-refractivity contribution in [3.8, 4) is 11.5 Å². The van der Waals surface area contributed by atoms with Crippen LogP contribution >= 0.6 is 0 Å².